The smallest absolute Gasteiger partial charge is 0.327 e. The highest BCUT2D eigenvalue weighted by Gasteiger charge is 2.39. The maximum atomic E-state index is 14.3. The van der Waals surface area contributed by atoms with Crippen molar-refractivity contribution in [1.29, 1.82) is 5.41 Å². The Labute approximate surface area is 500 Å². The van der Waals surface area contributed by atoms with Crippen LogP contribution in [-0.4, -0.2) is 202 Å². The molecular formula is C53H89N17O12S2. The molecule has 31 heteroatoms. The maximum Gasteiger partial charge on any atom is 0.327 e. The summed E-state index contributed by atoms with van der Waals surface area (Å²) in [6, 6.07) is -4.28. The molecule has 2 fully saturated rings. The van der Waals surface area contributed by atoms with Crippen LogP contribution < -0.4 is 71.2 Å². The van der Waals surface area contributed by atoms with E-state index in [1.54, 1.807) is 49.1 Å². The van der Waals surface area contributed by atoms with Gasteiger partial charge in [-0.1, -0.05) is 44.2 Å². The first-order valence-electron chi connectivity index (χ1n) is 28.3. The van der Waals surface area contributed by atoms with Gasteiger partial charge in [0.1, 0.15) is 54.4 Å². The number of hydrogen-bond donors (Lipinski definition) is 18. The Morgan fingerprint density at radius 3 is 1.77 bits per heavy atom. The number of hydrogen-bond acceptors (Lipinski definition) is 17. The van der Waals surface area contributed by atoms with Crippen LogP contribution in [0, 0.1) is 17.2 Å². The van der Waals surface area contributed by atoms with Gasteiger partial charge in [-0.15, -0.1) is 0 Å². The van der Waals surface area contributed by atoms with Crippen LogP contribution in [0.4, 0.5) is 0 Å². The molecule has 10 atom stereocenters. The molecule has 29 nitrogen and oxygen atoms in total. The summed E-state index contributed by atoms with van der Waals surface area (Å²) in [5, 5.41) is 48.8. The van der Waals surface area contributed by atoms with Crippen molar-refractivity contribution >= 4 is 96.3 Å². The number of guanidine groups is 2. The minimum atomic E-state index is -1.73. The number of aliphatic hydroxyl groups is 1. The number of unbranched alkanes of at least 4 members (excludes halogenated alkanes) is 1. The molecule has 84 heavy (non-hydrogen) atoms. The van der Waals surface area contributed by atoms with E-state index in [2.05, 4.69) is 72.8 Å². The second kappa shape index (κ2) is 36.7. The lowest BCUT2D eigenvalue weighted by Gasteiger charge is -2.34. The van der Waals surface area contributed by atoms with Gasteiger partial charge >= 0.3 is 5.97 Å². The first kappa shape index (κ1) is 71.3. The number of rotatable bonds is 35. The van der Waals surface area contributed by atoms with E-state index in [1.807, 2.05) is 0 Å². The minimum Gasteiger partial charge on any atom is -0.480 e. The number of likely N-dealkylation sites (tertiary alicyclic amines) is 2. The van der Waals surface area contributed by atoms with Gasteiger partial charge in [0.2, 0.25) is 53.2 Å². The molecule has 0 spiro atoms. The topological polar surface area (TPSA) is 480 Å². The Kier molecular flexibility index (Phi) is 31.1. The van der Waals surface area contributed by atoms with Gasteiger partial charge in [-0.2, -0.15) is 25.3 Å². The second-order valence-electron chi connectivity index (χ2n) is 21.4. The van der Waals surface area contributed by atoms with Gasteiger partial charge in [-0.25, -0.2) is 4.79 Å². The molecule has 2 saturated heterocycles. The summed E-state index contributed by atoms with van der Waals surface area (Å²) in [5.74, 6) is -9.44. The number of nitrogens with two attached hydrogens (primary N) is 5. The first-order chi connectivity index (χ1) is 39.8. The SMILES string of the molecule is CC(C)C[C@H](NC(=O)[C@H](C)NC(=O)[C@H](CC1CCN(C(=N)N)CC1)NC(=O)[C@H](CO)NC(=O)[C@H](CCCN=C(N)N)NC(=O)[C@H](CCCCN)NC(=O)[C@@H]1CCCN1C(=O)[C@@H](N)CS)C(=O)N[C@@H](Cc1ccccc1)C(=O)N[C@@H](CS)C(=O)O. The standard InChI is InChI=1S/C53H89N17O12S2/c1-29(2)23-36(46(76)65-38(24-31-11-5-4-6-12-31)47(77)68-40(28-84)51(81)82)64-42(72)30(3)61-45(75)37(25-32-16-21-69(22-17-32)53(58)59)66-48(78)39(26-71)67-44(74)35(14-9-19-60-52(56)57)62-43(73)34(13-7-8-18-54)63-49(79)41-15-10-20-70(41)50(80)33(55)27-83/h4-6,11-12,29-30,32-41,71,83-84H,7-10,13-28,54-55H2,1-3H3,(H3,58,59)(H,61,75)(H,62,73)(H,63,79)(H,64,72)(H,65,76)(H,66,78)(H,67,74)(H,68,77)(H,81,82)(H4,56,57,60)/t30-,33-,34-,35-,36-,37-,38-,39-,40-,41-/m0/s1. The van der Waals surface area contributed by atoms with Crippen LogP contribution in [0.1, 0.15) is 97.0 Å². The predicted molar refractivity (Wildman–Crippen MR) is 320 cm³/mol. The van der Waals surface area contributed by atoms with E-state index in [4.69, 9.17) is 34.1 Å². The normalized spacial score (nSPS) is 17.5. The number of benzene rings is 1. The average Bonchev–Trinajstić information content (AvgIpc) is 4.14. The van der Waals surface area contributed by atoms with Crippen molar-refractivity contribution < 1.29 is 58.2 Å². The van der Waals surface area contributed by atoms with Crippen LogP contribution in [0.5, 0.6) is 0 Å². The molecule has 1 aromatic carbocycles. The fourth-order valence-electron chi connectivity index (χ4n) is 9.55. The summed E-state index contributed by atoms with van der Waals surface area (Å²) >= 11 is 8.14. The van der Waals surface area contributed by atoms with Crippen molar-refractivity contribution in [3.63, 3.8) is 0 Å². The number of nitrogens with one attached hydrogen (secondary N) is 9. The van der Waals surface area contributed by atoms with Gasteiger partial charge in [0.15, 0.2) is 11.9 Å². The second-order valence-corrected chi connectivity index (χ2v) is 22.2. The van der Waals surface area contributed by atoms with E-state index in [-0.39, 0.29) is 93.4 Å². The fraction of sp³-hybridized carbons (Fsp3) is 0.660. The number of carboxylic acids is 1. The molecule has 2 heterocycles. The number of thiol groups is 2. The number of piperidine rings is 1. The Morgan fingerprint density at radius 1 is 0.667 bits per heavy atom. The first-order valence-corrected chi connectivity index (χ1v) is 29.5. The van der Waals surface area contributed by atoms with Gasteiger partial charge < -0.3 is 91.2 Å². The number of aliphatic carboxylic acids is 1. The zero-order valence-corrected chi connectivity index (χ0v) is 49.8. The van der Waals surface area contributed by atoms with Gasteiger partial charge in [0.25, 0.3) is 0 Å². The molecule has 21 N–H and O–H groups in total. The molecular weight excluding hydrogens is 1130 g/mol. The molecule has 0 radical (unpaired) electrons. The number of amides is 9. The summed E-state index contributed by atoms with van der Waals surface area (Å²) in [4.78, 5) is 144. The molecule has 0 aromatic heterocycles. The van der Waals surface area contributed by atoms with E-state index in [1.165, 1.54) is 11.8 Å². The number of aliphatic hydroxyl groups excluding tert-OH is 1. The zero-order chi connectivity index (χ0) is 62.6. The van der Waals surface area contributed by atoms with Gasteiger partial charge in [-0.3, -0.25) is 53.6 Å². The van der Waals surface area contributed by atoms with Crippen LogP contribution in [0.25, 0.3) is 0 Å². The Bertz CT molecular complexity index is 2420. The lowest BCUT2D eigenvalue weighted by Crippen LogP contribution is -2.61. The molecule has 3 rings (SSSR count). The Hall–Kier alpha value is -6.96. The summed E-state index contributed by atoms with van der Waals surface area (Å²) in [5.41, 5.74) is 29.1. The molecule has 1 aromatic rings. The van der Waals surface area contributed by atoms with Gasteiger partial charge in [0.05, 0.1) is 12.6 Å². The zero-order valence-electron chi connectivity index (χ0n) is 48.1. The van der Waals surface area contributed by atoms with Crippen LogP contribution in [0.15, 0.2) is 35.3 Å². The number of carbonyl (C=O) groups is 10. The van der Waals surface area contributed by atoms with Crippen molar-refractivity contribution in [3.8, 4) is 0 Å². The summed E-state index contributed by atoms with van der Waals surface area (Å²) in [7, 11) is 0. The van der Waals surface area contributed by atoms with Gasteiger partial charge in [0, 0.05) is 44.1 Å². The van der Waals surface area contributed by atoms with Crippen LogP contribution in [-0.2, 0) is 54.4 Å². The number of carbonyl (C=O) groups excluding carboxylic acids is 9. The van der Waals surface area contributed by atoms with Crippen molar-refractivity contribution in [2.75, 3.05) is 50.8 Å². The summed E-state index contributed by atoms with van der Waals surface area (Å²) in [6.45, 7) is 5.22. The largest absolute Gasteiger partial charge is 0.480 e. The van der Waals surface area contributed by atoms with E-state index < -0.39 is 126 Å². The third-order valence-corrected chi connectivity index (χ3v) is 15.0. The van der Waals surface area contributed by atoms with E-state index >= 15 is 0 Å². The molecule has 2 aliphatic rings. The van der Waals surface area contributed by atoms with Crippen molar-refractivity contribution in [2.45, 2.75) is 158 Å². The lowest BCUT2D eigenvalue weighted by atomic mass is 9.89. The van der Waals surface area contributed by atoms with Crippen LogP contribution in [0.2, 0.25) is 0 Å². The molecule has 0 saturated carbocycles. The number of aliphatic imine (C=N–C) groups is 1. The summed E-state index contributed by atoms with van der Waals surface area (Å²) in [6.07, 6.45) is 2.68. The van der Waals surface area contributed by atoms with Crippen molar-refractivity contribution in [1.82, 2.24) is 52.3 Å². The predicted octanol–water partition coefficient (Wildman–Crippen LogP) is -4.39. The van der Waals surface area contributed by atoms with Crippen molar-refractivity contribution in [3.05, 3.63) is 35.9 Å². The van der Waals surface area contributed by atoms with Crippen LogP contribution in [0.3, 0.4) is 0 Å². The molecule has 2 aliphatic heterocycles. The lowest BCUT2D eigenvalue weighted by molar-refractivity contribution is -0.141. The molecule has 0 unspecified atom stereocenters. The number of nitrogens with zero attached hydrogens (tertiary/aromatic N) is 3. The molecule has 470 valence electrons. The average molecular weight is 1220 g/mol. The van der Waals surface area contributed by atoms with E-state index in [0.29, 0.717) is 57.2 Å². The Balaban J connectivity index is 1.87. The maximum absolute atomic E-state index is 14.3. The molecule has 0 aliphatic carbocycles. The minimum absolute atomic E-state index is 0.0154. The Morgan fingerprint density at radius 2 is 1.20 bits per heavy atom. The molecule has 9 amide bonds. The summed E-state index contributed by atoms with van der Waals surface area (Å²) < 4.78 is 0. The third-order valence-electron chi connectivity index (χ3n) is 14.3. The van der Waals surface area contributed by atoms with Crippen LogP contribution >= 0.6 is 25.3 Å². The highest BCUT2D eigenvalue weighted by molar-refractivity contribution is 7.80. The highest BCUT2D eigenvalue weighted by atomic mass is 32.1. The van der Waals surface area contributed by atoms with Gasteiger partial charge in [-0.05, 0) is 101 Å². The monoisotopic (exact) mass is 1220 g/mol. The molecule has 0 bridgehead atoms. The van der Waals surface area contributed by atoms with E-state index in [9.17, 15) is 58.2 Å². The number of carboxylic acid groups (broad SMARTS) is 1. The quantitative estimate of drug-likeness (QED) is 0.0132. The fourth-order valence-corrected chi connectivity index (χ4v) is 9.95. The third kappa shape index (κ3) is 24.0. The van der Waals surface area contributed by atoms with E-state index in [0.717, 1.165) is 0 Å². The highest BCUT2D eigenvalue weighted by Crippen LogP contribution is 2.23. The van der Waals surface area contributed by atoms with Crippen molar-refractivity contribution in [2.24, 2.45) is 45.5 Å².